The fourth-order valence-corrected chi connectivity index (χ4v) is 3.79. The van der Waals surface area contributed by atoms with E-state index in [0.717, 1.165) is 11.1 Å². The molecular weight excluding hydrogens is 414 g/mol. The van der Waals surface area contributed by atoms with Gasteiger partial charge in [-0.2, -0.15) is 0 Å². The minimum absolute atomic E-state index is 0.172. The number of nitrogens with zero attached hydrogens (tertiary/aromatic N) is 2. The molecule has 9 heteroatoms. The van der Waals surface area contributed by atoms with Crippen molar-refractivity contribution >= 4 is 40.1 Å². The third-order valence-corrected chi connectivity index (χ3v) is 5.21. The Hall–Kier alpha value is -4.14. The molecule has 9 nitrogen and oxygen atoms in total. The molecule has 2 aromatic carbocycles. The first-order valence-electron chi connectivity index (χ1n) is 9.89. The van der Waals surface area contributed by atoms with Crippen LogP contribution in [0.25, 0.3) is 22.6 Å². The second-order valence-corrected chi connectivity index (χ2v) is 7.25. The van der Waals surface area contributed by atoms with Gasteiger partial charge >= 0.3 is 5.97 Å². The molecule has 0 fully saturated rings. The highest BCUT2D eigenvalue weighted by molar-refractivity contribution is 6.02. The smallest absolute Gasteiger partial charge is 0.312 e. The van der Waals surface area contributed by atoms with Crippen LogP contribution in [0, 0.1) is 0 Å². The Morgan fingerprint density at radius 2 is 2.03 bits per heavy atom. The van der Waals surface area contributed by atoms with E-state index >= 15 is 0 Å². The van der Waals surface area contributed by atoms with Gasteiger partial charge in [-0.25, -0.2) is 4.98 Å². The van der Waals surface area contributed by atoms with Gasteiger partial charge in [0, 0.05) is 17.8 Å². The summed E-state index contributed by atoms with van der Waals surface area (Å²) in [5.41, 5.74) is 2.29. The Bertz CT molecular complexity index is 1330. The molecule has 4 rings (SSSR count). The summed E-state index contributed by atoms with van der Waals surface area (Å²) in [5, 5.41) is 11.7. The lowest BCUT2D eigenvalue weighted by atomic mass is 10.1. The highest BCUT2D eigenvalue weighted by Gasteiger charge is 2.22. The topological polar surface area (TPSA) is 120 Å². The molecule has 0 unspecified atom stereocenters. The van der Waals surface area contributed by atoms with E-state index < -0.39 is 18.3 Å². The van der Waals surface area contributed by atoms with E-state index in [2.05, 4.69) is 10.3 Å². The van der Waals surface area contributed by atoms with Gasteiger partial charge in [-0.1, -0.05) is 12.1 Å². The maximum absolute atomic E-state index is 13.0. The third-order valence-electron chi connectivity index (χ3n) is 5.21. The van der Waals surface area contributed by atoms with Crippen molar-refractivity contribution in [2.75, 3.05) is 19.5 Å². The number of allylic oxidation sites excluding steroid dienone is 1. The van der Waals surface area contributed by atoms with Crippen molar-refractivity contribution in [2.45, 2.75) is 19.4 Å². The van der Waals surface area contributed by atoms with Crippen LogP contribution in [0.5, 0.6) is 11.5 Å². The molecule has 0 saturated carbocycles. The SMILES string of the molecule is COc1cccc(/C=C2/CCn3c2nc2cc(NC(=O)CC(=O)O)ccc2c3=O)c1OC. The molecule has 0 atom stereocenters. The minimum atomic E-state index is -1.22. The standard InChI is InChI=1S/C23H21N3O6/c1-31-18-5-3-4-13(21(18)32-2)10-14-8-9-26-22(14)25-17-11-15(6-7-16(17)23(26)30)24-19(27)12-20(28)29/h3-7,10-11H,8-9,12H2,1-2H3,(H,24,27)(H,28,29)/b14-10-. The van der Waals surface area contributed by atoms with E-state index in [1.165, 1.54) is 0 Å². The van der Waals surface area contributed by atoms with E-state index in [0.29, 0.717) is 46.9 Å². The fraction of sp³-hybridized carbons (Fsp3) is 0.217. The summed E-state index contributed by atoms with van der Waals surface area (Å²) in [5.74, 6) is -0.139. The summed E-state index contributed by atoms with van der Waals surface area (Å²) in [6.07, 6.45) is 1.91. The Kier molecular flexibility index (Phi) is 5.63. The molecular formula is C23H21N3O6. The number of carbonyl (C=O) groups excluding carboxylic acids is 1. The first kappa shape index (κ1) is 21.1. The summed E-state index contributed by atoms with van der Waals surface area (Å²) < 4.78 is 12.5. The number of carboxylic acid groups (broad SMARTS) is 1. The zero-order valence-electron chi connectivity index (χ0n) is 17.5. The Labute approximate surface area is 182 Å². The lowest BCUT2D eigenvalue weighted by Gasteiger charge is -2.11. The first-order valence-corrected chi connectivity index (χ1v) is 9.89. The van der Waals surface area contributed by atoms with Crippen molar-refractivity contribution in [3.63, 3.8) is 0 Å². The monoisotopic (exact) mass is 435 g/mol. The van der Waals surface area contributed by atoms with Crippen molar-refractivity contribution < 1.29 is 24.2 Å². The Balaban J connectivity index is 1.77. The van der Waals surface area contributed by atoms with Crippen LogP contribution < -0.4 is 20.3 Å². The number of hydrogen-bond donors (Lipinski definition) is 2. The number of para-hydroxylation sites is 1. The molecule has 32 heavy (non-hydrogen) atoms. The number of amides is 1. The largest absolute Gasteiger partial charge is 0.493 e. The molecule has 1 aliphatic rings. The molecule has 3 aromatic rings. The van der Waals surface area contributed by atoms with E-state index in [1.54, 1.807) is 43.1 Å². The van der Waals surface area contributed by atoms with Crippen LogP contribution in [0.3, 0.4) is 0 Å². The number of benzene rings is 2. The molecule has 0 bridgehead atoms. The molecule has 1 amide bonds. The molecule has 0 saturated heterocycles. The zero-order valence-corrected chi connectivity index (χ0v) is 17.5. The number of ether oxygens (including phenoxy) is 2. The predicted octanol–water partition coefficient (Wildman–Crippen LogP) is 2.77. The van der Waals surface area contributed by atoms with Crippen molar-refractivity contribution in [3.8, 4) is 11.5 Å². The first-order chi connectivity index (χ1) is 15.4. The molecule has 2 heterocycles. The van der Waals surface area contributed by atoms with Crippen molar-refractivity contribution in [3.05, 3.63) is 58.1 Å². The van der Waals surface area contributed by atoms with Gasteiger partial charge < -0.3 is 19.9 Å². The molecule has 1 aromatic heterocycles. The van der Waals surface area contributed by atoms with Crippen LogP contribution in [-0.2, 0) is 16.1 Å². The molecule has 0 spiro atoms. The van der Waals surface area contributed by atoms with Gasteiger partial charge in [0.15, 0.2) is 11.5 Å². The lowest BCUT2D eigenvalue weighted by molar-refractivity contribution is -0.139. The third kappa shape index (κ3) is 3.92. The Morgan fingerprint density at radius 1 is 1.22 bits per heavy atom. The number of carbonyl (C=O) groups is 2. The Morgan fingerprint density at radius 3 is 2.75 bits per heavy atom. The summed E-state index contributed by atoms with van der Waals surface area (Å²) in [7, 11) is 3.14. The second kappa shape index (κ2) is 8.54. The van der Waals surface area contributed by atoms with Crippen LogP contribution in [0.4, 0.5) is 5.69 Å². The average Bonchev–Trinajstić information content (AvgIpc) is 3.15. The maximum Gasteiger partial charge on any atom is 0.312 e. The van der Waals surface area contributed by atoms with Crippen LogP contribution in [0.2, 0.25) is 0 Å². The van der Waals surface area contributed by atoms with E-state index in [4.69, 9.17) is 14.6 Å². The highest BCUT2D eigenvalue weighted by Crippen LogP contribution is 2.35. The fourth-order valence-electron chi connectivity index (χ4n) is 3.79. The number of fused-ring (bicyclic) bond motifs is 2. The number of methoxy groups -OCH3 is 2. The summed E-state index contributed by atoms with van der Waals surface area (Å²) in [4.78, 5) is 40.2. The number of rotatable bonds is 6. The van der Waals surface area contributed by atoms with Crippen molar-refractivity contribution in [1.29, 1.82) is 0 Å². The predicted molar refractivity (Wildman–Crippen MR) is 119 cm³/mol. The van der Waals surface area contributed by atoms with Gasteiger partial charge in [0.2, 0.25) is 5.91 Å². The van der Waals surface area contributed by atoms with Gasteiger partial charge in [-0.3, -0.25) is 19.0 Å². The van der Waals surface area contributed by atoms with Crippen LogP contribution >= 0.6 is 0 Å². The highest BCUT2D eigenvalue weighted by atomic mass is 16.5. The number of aromatic nitrogens is 2. The molecule has 2 N–H and O–H groups in total. The normalized spacial score (nSPS) is 13.8. The number of carboxylic acids is 1. The van der Waals surface area contributed by atoms with E-state index in [9.17, 15) is 14.4 Å². The summed E-state index contributed by atoms with van der Waals surface area (Å²) >= 11 is 0. The van der Waals surface area contributed by atoms with Gasteiger partial charge in [0.25, 0.3) is 5.56 Å². The lowest BCUT2D eigenvalue weighted by Crippen LogP contribution is -2.21. The zero-order chi connectivity index (χ0) is 22.8. The van der Waals surface area contributed by atoms with Crippen LogP contribution in [-0.4, -0.2) is 40.8 Å². The molecule has 1 aliphatic heterocycles. The van der Waals surface area contributed by atoms with Gasteiger partial charge in [0.05, 0.1) is 25.1 Å². The summed E-state index contributed by atoms with van der Waals surface area (Å²) in [6.45, 7) is 0.506. The van der Waals surface area contributed by atoms with Crippen LogP contribution in [0.15, 0.2) is 41.2 Å². The second-order valence-electron chi connectivity index (χ2n) is 7.25. The van der Waals surface area contributed by atoms with Gasteiger partial charge in [-0.15, -0.1) is 0 Å². The number of nitrogens with one attached hydrogen (secondary N) is 1. The van der Waals surface area contributed by atoms with E-state index in [1.807, 2.05) is 18.2 Å². The van der Waals surface area contributed by atoms with Crippen LogP contribution in [0.1, 0.15) is 24.2 Å². The number of aliphatic carboxylic acids is 1. The number of anilines is 1. The quantitative estimate of drug-likeness (QED) is 0.571. The minimum Gasteiger partial charge on any atom is -0.493 e. The van der Waals surface area contributed by atoms with E-state index in [-0.39, 0.29) is 5.56 Å². The molecule has 0 aliphatic carbocycles. The van der Waals surface area contributed by atoms with Gasteiger partial charge in [-0.05, 0) is 42.3 Å². The van der Waals surface area contributed by atoms with Crippen molar-refractivity contribution in [1.82, 2.24) is 9.55 Å². The summed E-state index contributed by atoms with van der Waals surface area (Å²) in [6, 6.07) is 10.3. The molecule has 164 valence electrons. The van der Waals surface area contributed by atoms with Gasteiger partial charge in [0.1, 0.15) is 12.2 Å². The maximum atomic E-state index is 13.0. The molecule has 0 radical (unpaired) electrons. The average molecular weight is 435 g/mol. The number of hydrogen-bond acceptors (Lipinski definition) is 6. The van der Waals surface area contributed by atoms with Crippen molar-refractivity contribution in [2.24, 2.45) is 0 Å².